The van der Waals surface area contributed by atoms with Gasteiger partial charge in [0.1, 0.15) is 28.5 Å². The first-order valence-electron chi connectivity index (χ1n) is 26.6. The second-order valence-corrected chi connectivity index (χ2v) is 23.9. The number of hydrogen-bond acceptors (Lipinski definition) is 10. The number of hydrogen-bond donors (Lipinski definition) is 2. The number of carbonyl (C=O) groups excluding carboxylic acids is 1. The maximum absolute atomic E-state index is 14.8. The summed E-state index contributed by atoms with van der Waals surface area (Å²) in [5, 5.41) is 8.00. The minimum Gasteiger partial charge on any atom is -0.367 e. The minimum atomic E-state index is -3.61. The third-order valence-corrected chi connectivity index (χ3v) is 14.6. The maximum atomic E-state index is 14.8. The van der Waals surface area contributed by atoms with Gasteiger partial charge >= 0.3 is 0 Å². The molecule has 2 aromatic carbocycles. The van der Waals surface area contributed by atoms with Gasteiger partial charge in [-0.15, -0.1) is 0 Å². The molecule has 0 amide bonds. The zero-order valence-electron chi connectivity index (χ0n) is 47.8. The SMILES string of the molecule is CC.CC(=O)CN.CCC.CCCCCN1CC(C)(C)OC(C)(C)C1.Cc1ccc(-n2c(C(Cc3cc(F)cc(F)c3)C(C)C)nc3nc(C4CCC(F)(F)CC4)cc(C)c3c2=O)c(C)c1C(=N)C(C)S(C)(=O)=O. The number of fused-ring (bicyclic) bond motifs is 1. The minimum absolute atomic E-state index is 0.00790. The number of ketones is 1. The number of benzene rings is 2. The standard InChI is InChI=1S/C37H42F4N4O3S.C13H27NO.C3H7NO.C3H8.C2H6/c1-19(2)28(17-24-15-26(38)18-27(39)16-24)35-44-34-32(21(4)14-29(43-34)25-10-12-37(40,41)13-11-25)36(46)45(35)30-9-8-20(3)31(22(30)5)33(42)23(6)49(7,47)48;1-6-7-8-9-14-10-12(2,3)15-13(4,5)11-14;1-3(5)2-4;1-3-2;1-2/h8-9,14-16,18-19,23,25,28,42H,10-13,17H2,1-7H3;6-11H2,1-5H3;2,4H2,1H3;3H2,1-2H3;1-2H3. The number of alkyl halides is 2. The fourth-order valence-electron chi connectivity index (χ4n) is 9.63. The lowest BCUT2D eigenvalue weighted by Gasteiger charge is -2.47. The van der Waals surface area contributed by atoms with E-state index in [-0.39, 0.29) is 90.0 Å². The summed E-state index contributed by atoms with van der Waals surface area (Å²) in [5.74, 6) is -4.87. The molecule has 0 radical (unpaired) electrons. The molecule has 1 saturated carbocycles. The number of pyridine rings is 1. The van der Waals surface area contributed by atoms with Gasteiger partial charge in [0.25, 0.3) is 5.56 Å². The number of unbranched alkanes of at least 4 members (excludes halogenated alkanes) is 2. The summed E-state index contributed by atoms with van der Waals surface area (Å²) in [6.07, 6.45) is 6.41. The summed E-state index contributed by atoms with van der Waals surface area (Å²) in [4.78, 5) is 36.8. The summed E-state index contributed by atoms with van der Waals surface area (Å²) in [5.41, 5.74) is 7.87. The van der Waals surface area contributed by atoms with Crippen LogP contribution in [-0.2, 0) is 25.8 Å². The molecule has 1 aliphatic carbocycles. The highest BCUT2D eigenvalue weighted by Gasteiger charge is 2.38. The number of rotatable bonds is 14. The normalized spacial score (nSPS) is 17.0. The Balaban J connectivity index is 0.000000619. The van der Waals surface area contributed by atoms with Crippen molar-refractivity contribution < 1.29 is 35.5 Å². The molecule has 2 atom stereocenters. The smallest absolute Gasteiger partial charge is 0.267 e. The zero-order valence-corrected chi connectivity index (χ0v) is 48.6. The van der Waals surface area contributed by atoms with E-state index in [9.17, 15) is 35.6 Å². The number of aromatic nitrogens is 3. The highest BCUT2D eigenvalue weighted by Crippen LogP contribution is 2.41. The Hall–Kier alpha value is -4.38. The van der Waals surface area contributed by atoms with Crippen LogP contribution >= 0.6 is 0 Å². The Morgan fingerprint density at radius 2 is 1.42 bits per heavy atom. The highest BCUT2D eigenvalue weighted by atomic mass is 32.2. The number of nitrogens with one attached hydrogen (secondary N) is 1. The van der Waals surface area contributed by atoms with Gasteiger partial charge < -0.3 is 15.9 Å². The molecule has 6 rings (SSSR count). The first-order valence-corrected chi connectivity index (χ1v) is 28.5. The average molecular weight is 1060 g/mol. The van der Waals surface area contributed by atoms with Gasteiger partial charge in [-0.1, -0.05) is 73.8 Å². The second-order valence-electron chi connectivity index (χ2n) is 21.6. The van der Waals surface area contributed by atoms with Crippen molar-refractivity contribution in [2.75, 3.05) is 32.4 Å². The van der Waals surface area contributed by atoms with Crippen LogP contribution in [0.15, 0.2) is 41.2 Å². The Morgan fingerprint density at radius 3 is 1.89 bits per heavy atom. The van der Waals surface area contributed by atoms with E-state index in [2.05, 4.69) is 53.4 Å². The quantitative estimate of drug-likeness (QED) is 0.0711. The van der Waals surface area contributed by atoms with Gasteiger partial charge in [0, 0.05) is 61.3 Å². The van der Waals surface area contributed by atoms with E-state index >= 15 is 0 Å². The van der Waals surface area contributed by atoms with E-state index in [0.717, 1.165) is 25.4 Å². The molecule has 1 aliphatic heterocycles. The van der Waals surface area contributed by atoms with Crippen molar-refractivity contribution in [2.24, 2.45) is 11.7 Å². The molecule has 2 aromatic heterocycles. The molecule has 0 spiro atoms. The van der Waals surface area contributed by atoms with Gasteiger partial charge in [-0.05, 0) is 147 Å². The number of nitrogens with two attached hydrogens (primary N) is 1. The Labute approximate surface area is 441 Å². The third kappa shape index (κ3) is 19.0. The lowest BCUT2D eigenvalue weighted by atomic mass is 9.84. The van der Waals surface area contributed by atoms with Crippen molar-refractivity contribution in [1.82, 2.24) is 19.4 Å². The van der Waals surface area contributed by atoms with Gasteiger partial charge in [-0.2, -0.15) is 0 Å². The molecule has 3 heterocycles. The molecule has 2 unspecified atom stereocenters. The van der Waals surface area contributed by atoms with Crippen molar-refractivity contribution in [2.45, 2.75) is 203 Å². The Bertz CT molecular complexity index is 2620. The molecule has 3 N–H and O–H groups in total. The van der Waals surface area contributed by atoms with Crippen molar-refractivity contribution in [1.29, 1.82) is 5.41 Å². The average Bonchev–Trinajstić information content (AvgIpc) is 3.27. The number of sulfone groups is 1. The number of aryl methyl sites for hydroxylation is 2. The van der Waals surface area contributed by atoms with E-state index in [0.29, 0.717) is 39.2 Å². The lowest BCUT2D eigenvalue weighted by molar-refractivity contribution is -0.180. The molecule has 0 bridgehead atoms. The van der Waals surface area contributed by atoms with Crippen molar-refractivity contribution in [3.8, 4) is 5.69 Å². The molecule has 2 aliphatic rings. The maximum Gasteiger partial charge on any atom is 0.267 e. The molecule has 74 heavy (non-hydrogen) atoms. The first-order chi connectivity index (χ1) is 34.3. The topological polar surface area (TPSA) is 161 Å². The van der Waals surface area contributed by atoms with Gasteiger partial charge in [0.15, 0.2) is 15.5 Å². The first kappa shape index (κ1) is 65.7. The monoisotopic (exact) mass is 1060 g/mol. The van der Waals surface area contributed by atoms with Crippen LogP contribution in [0, 0.1) is 43.7 Å². The molecule has 11 nitrogen and oxygen atoms in total. The summed E-state index contributed by atoms with van der Waals surface area (Å²) in [6, 6.07) is 8.48. The summed E-state index contributed by atoms with van der Waals surface area (Å²) >= 11 is 0. The number of nitrogens with zero attached hydrogens (tertiary/aromatic N) is 4. The van der Waals surface area contributed by atoms with Crippen molar-refractivity contribution >= 4 is 32.4 Å². The van der Waals surface area contributed by atoms with Gasteiger partial charge in [0.05, 0.1) is 34.5 Å². The Morgan fingerprint density at radius 1 is 0.892 bits per heavy atom. The fourth-order valence-corrected chi connectivity index (χ4v) is 10.2. The number of Topliss-reactive ketones (excluding diaryl/α,β-unsaturated/α-hetero) is 1. The second kappa shape index (κ2) is 28.7. The predicted octanol–water partition coefficient (Wildman–Crippen LogP) is 13.1. The van der Waals surface area contributed by atoms with E-state index in [1.54, 1.807) is 39.0 Å². The number of morpholine rings is 1. The third-order valence-electron chi connectivity index (χ3n) is 13.1. The highest BCUT2D eigenvalue weighted by molar-refractivity contribution is 7.92. The van der Waals surface area contributed by atoms with E-state index in [4.69, 9.17) is 25.8 Å². The number of halogens is 4. The molecule has 1 saturated heterocycles. The molecule has 4 aromatic rings. The molecular weight excluding hydrogens is 969 g/mol. The van der Waals surface area contributed by atoms with Gasteiger partial charge in [-0.3, -0.25) is 19.1 Å². The van der Waals surface area contributed by atoms with Crippen LogP contribution < -0.4 is 11.3 Å². The Kier molecular flexibility index (Phi) is 25.5. The van der Waals surface area contributed by atoms with Crippen LogP contribution in [0.4, 0.5) is 17.6 Å². The van der Waals surface area contributed by atoms with Crippen LogP contribution in [0.3, 0.4) is 0 Å². The van der Waals surface area contributed by atoms with Gasteiger partial charge in [0.2, 0.25) is 5.92 Å². The van der Waals surface area contributed by atoms with Crippen LogP contribution in [0.5, 0.6) is 0 Å². The number of carbonyl (C=O) groups is 1. The van der Waals surface area contributed by atoms with E-state index in [1.165, 1.54) is 62.8 Å². The van der Waals surface area contributed by atoms with Crippen LogP contribution in [0.25, 0.3) is 16.7 Å². The molecule has 2 fully saturated rings. The van der Waals surface area contributed by atoms with Gasteiger partial charge in [-0.25, -0.2) is 35.9 Å². The van der Waals surface area contributed by atoms with Crippen LogP contribution in [0.1, 0.15) is 193 Å². The van der Waals surface area contributed by atoms with E-state index < -0.39 is 44.1 Å². The van der Waals surface area contributed by atoms with Crippen LogP contribution in [-0.4, -0.2) is 94.2 Å². The molecular formula is C58H90F4N6O5S. The lowest BCUT2D eigenvalue weighted by Crippen LogP contribution is -2.57. The molecule has 416 valence electrons. The summed E-state index contributed by atoms with van der Waals surface area (Å²) in [7, 11) is -3.61. The van der Waals surface area contributed by atoms with E-state index in [1.807, 2.05) is 27.7 Å². The summed E-state index contributed by atoms with van der Waals surface area (Å²) in [6.45, 7) is 34.8. The van der Waals surface area contributed by atoms with Crippen molar-refractivity contribution in [3.05, 3.63) is 97.7 Å². The predicted molar refractivity (Wildman–Crippen MR) is 297 cm³/mol. The number of ether oxygens (including phenoxy) is 1. The zero-order chi connectivity index (χ0) is 56.7. The largest absolute Gasteiger partial charge is 0.367 e. The van der Waals surface area contributed by atoms with Crippen molar-refractivity contribution in [3.63, 3.8) is 0 Å². The fraction of sp³-hybridized carbons (Fsp3) is 0.638. The van der Waals surface area contributed by atoms with Crippen LogP contribution in [0.2, 0.25) is 0 Å². The molecule has 16 heteroatoms. The summed E-state index contributed by atoms with van der Waals surface area (Å²) < 4.78 is 89.1.